The van der Waals surface area contributed by atoms with E-state index in [-0.39, 0.29) is 5.41 Å². The van der Waals surface area contributed by atoms with Gasteiger partial charge in [-0.2, -0.15) is 0 Å². The van der Waals surface area contributed by atoms with E-state index in [9.17, 15) is 0 Å². The van der Waals surface area contributed by atoms with Crippen molar-refractivity contribution in [3.63, 3.8) is 0 Å². The third-order valence-corrected chi connectivity index (χ3v) is 4.42. The van der Waals surface area contributed by atoms with Gasteiger partial charge in [-0.05, 0) is 37.0 Å². The third kappa shape index (κ3) is 1.14. The van der Waals surface area contributed by atoms with Gasteiger partial charge in [-0.1, -0.05) is 42.5 Å². The Balaban J connectivity index is 2.00. The molecule has 1 nitrogen and oxygen atoms in total. The molecule has 1 heterocycles. The predicted octanol–water partition coefficient (Wildman–Crippen LogP) is 4.02. The van der Waals surface area contributed by atoms with Crippen LogP contribution in [0.4, 0.5) is 5.69 Å². The Kier molecular flexibility index (Phi) is 1.86. The fraction of sp³-hybridized carbons (Fsp3) is 0.235. The lowest BCUT2D eigenvalue weighted by molar-refractivity contribution is 0.573. The topological polar surface area (TPSA) is 12.4 Å². The Morgan fingerprint density at radius 1 is 1.00 bits per heavy atom. The Morgan fingerprint density at radius 3 is 2.72 bits per heavy atom. The van der Waals surface area contributed by atoms with Gasteiger partial charge in [-0.25, -0.2) is 0 Å². The van der Waals surface area contributed by atoms with E-state index in [2.05, 4.69) is 55.5 Å². The van der Waals surface area contributed by atoms with Gasteiger partial charge in [0.15, 0.2) is 0 Å². The van der Waals surface area contributed by atoms with Crippen LogP contribution in [-0.2, 0) is 11.8 Å². The molecule has 0 spiro atoms. The Morgan fingerprint density at radius 2 is 1.78 bits per heavy atom. The fourth-order valence-electron chi connectivity index (χ4n) is 3.37. The second-order valence-corrected chi connectivity index (χ2v) is 5.47. The lowest BCUT2D eigenvalue weighted by atomic mass is 9.68. The van der Waals surface area contributed by atoms with Gasteiger partial charge >= 0.3 is 0 Å². The maximum Gasteiger partial charge on any atom is 0.0675 e. The van der Waals surface area contributed by atoms with E-state index in [0.29, 0.717) is 0 Å². The summed E-state index contributed by atoms with van der Waals surface area (Å²) < 4.78 is 0. The highest BCUT2D eigenvalue weighted by molar-refractivity contribution is 6.14. The summed E-state index contributed by atoms with van der Waals surface area (Å²) in [6.07, 6.45) is 2.32. The Hall–Kier alpha value is -1.89. The zero-order chi connectivity index (χ0) is 12.2. The van der Waals surface area contributed by atoms with Crippen LogP contribution >= 0.6 is 0 Å². The first-order valence-electron chi connectivity index (χ1n) is 6.56. The van der Waals surface area contributed by atoms with E-state index < -0.39 is 0 Å². The van der Waals surface area contributed by atoms with Gasteiger partial charge in [0.1, 0.15) is 0 Å². The Labute approximate surface area is 107 Å². The number of fused-ring (bicyclic) bond motifs is 5. The molecule has 1 atom stereocenters. The molecule has 1 aliphatic heterocycles. The van der Waals surface area contributed by atoms with Crippen LogP contribution in [0.1, 0.15) is 30.0 Å². The molecule has 2 aliphatic rings. The van der Waals surface area contributed by atoms with Crippen molar-refractivity contribution in [1.29, 1.82) is 0 Å². The number of hydrogen-bond donors (Lipinski definition) is 0. The minimum absolute atomic E-state index is 0.116. The molecule has 0 N–H and O–H groups in total. The molecule has 0 radical (unpaired) electrons. The molecule has 1 aliphatic carbocycles. The molecule has 2 aromatic carbocycles. The lowest BCUT2D eigenvalue weighted by Crippen LogP contribution is -2.35. The van der Waals surface area contributed by atoms with Crippen LogP contribution in [0.15, 0.2) is 53.5 Å². The molecule has 0 fully saturated rings. The molecule has 0 unspecified atom stereocenters. The van der Waals surface area contributed by atoms with Gasteiger partial charge in [-0.15, -0.1) is 0 Å². The van der Waals surface area contributed by atoms with Gasteiger partial charge in [-0.3, -0.25) is 4.99 Å². The quantitative estimate of drug-likeness (QED) is 0.651. The zero-order valence-corrected chi connectivity index (χ0v) is 10.5. The van der Waals surface area contributed by atoms with Crippen molar-refractivity contribution in [3.8, 4) is 0 Å². The summed E-state index contributed by atoms with van der Waals surface area (Å²) in [6, 6.07) is 17.3. The van der Waals surface area contributed by atoms with E-state index >= 15 is 0 Å². The second-order valence-electron chi connectivity index (χ2n) is 5.47. The molecule has 0 aromatic heterocycles. The van der Waals surface area contributed by atoms with Crippen molar-refractivity contribution in [2.75, 3.05) is 0 Å². The zero-order valence-electron chi connectivity index (χ0n) is 10.5. The molecule has 1 heteroatoms. The summed E-state index contributed by atoms with van der Waals surface area (Å²) >= 11 is 0. The van der Waals surface area contributed by atoms with Crippen LogP contribution in [0, 0.1) is 0 Å². The van der Waals surface area contributed by atoms with Crippen LogP contribution in [0.25, 0.3) is 0 Å². The second kappa shape index (κ2) is 3.32. The lowest BCUT2D eigenvalue weighted by Gasteiger charge is -2.33. The van der Waals surface area contributed by atoms with E-state index in [1.165, 1.54) is 28.8 Å². The van der Waals surface area contributed by atoms with Crippen LogP contribution in [0.3, 0.4) is 0 Å². The summed E-state index contributed by atoms with van der Waals surface area (Å²) in [6.45, 7) is 2.34. The highest BCUT2D eigenvalue weighted by Gasteiger charge is 2.42. The molecule has 0 saturated heterocycles. The summed E-state index contributed by atoms with van der Waals surface area (Å²) in [5.74, 6) is 0. The molecule has 0 amide bonds. The number of aliphatic imine (C=N–C) groups is 1. The normalized spacial score (nSPS) is 23.9. The summed E-state index contributed by atoms with van der Waals surface area (Å²) in [5.41, 5.74) is 6.74. The maximum absolute atomic E-state index is 4.90. The van der Waals surface area contributed by atoms with Crippen molar-refractivity contribution < 1.29 is 0 Å². The van der Waals surface area contributed by atoms with Crippen molar-refractivity contribution >= 4 is 11.4 Å². The van der Waals surface area contributed by atoms with Crippen LogP contribution in [0.5, 0.6) is 0 Å². The first-order chi connectivity index (χ1) is 8.79. The highest BCUT2D eigenvalue weighted by atomic mass is 14.8. The highest BCUT2D eigenvalue weighted by Crippen LogP contribution is 2.47. The maximum atomic E-state index is 4.90. The molecule has 88 valence electrons. The molecule has 4 rings (SSSR count). The number of para-hydroxylation sites is 1. The monoisotopic (exact) mass is 233 g/mol. The number of benzene rings is 2. The molecule has 0 bridgehead atoms. The predicted molar refractivity (Wildman–Crippen MR) is 74.8 cm³/mol. The van der Waals surface area contributed by atoms with Gasteiger partial charge in [0, 0.05) is 11.0 Å². The third-order valence-electron chi connectivity index (χ3n) is 4.42. The first kappa shape index (κ1) is 10.1. The molecular weight excluding hydrogens is 218 g/mol. The van der Waals surface area contributed by atoms with Gasteiger partial charge in [0.25, 0.3) is 0 Å². The molecule has 18 heavy (non-hydrogen) atoms. The summed E-state index contributed by atoms with van der Waals surface area (Å²) in [4.78, 5) is 4.90. The van der Waals surface area contributed by atoms with Crippen molar-refractivity contribution in [1.82, 2.24) is 0 Å². The van der Waals surface area contributed by atoms with E-state index in [1.807, 2.05) is 0 Å². The van der Waals surface area contributed by atoms with Gasteiger partial charge < -0.3 is 0 Å². The SMILES string of the molecule is C[C@]12CCc3ccccc3C1=Nc1ccccc12. The van der Waals surface area contributed by atoms with Crippen molar-refractivity contribution in [2.45, 2.75) is 25.2 Å². The fourth-order valence-corrected chi connectivity index (χ4v) is 3.37. The standard InChI is InChI=1S/C17H15N/c1-17-11-10-12-6-2-3-7-13(12)16(17)18-15-9-5-4-8-14(15)17/h2-9H,10-11H2,1H3/t17-/m1/s1. The van der Waals surface area contributed by atoms with Crippen LogP contribution in [0.2, 0.25) is 0 Å². The van der Waals surface area contributed by atoms with E-state index in [1.54, 1.807) is 0 Å². The summed E-state index contributed by atoms with van der Waals surface area (Å²) in [7, 11) is 0. The van der Waals surface area contributed by atoms with E-state index in [4.69, 9.17) is 4.99 Å². The van der Waals surface area contributed by atoms with Gasteiger partial charge in [0.05, 0.1) is 11.4 Å². The van der Waals surface area contributed by atoms with Crippen LogP contribution < -0.4 is 0 Å². The summed E-state index contributed by atoms with van der Waals surface area (Å²) in [5, 5.41) is 0. The molecule has 0 saturated carbocycles. The Bertz CT molecular complexity index is 669. The van der Waals surface area contributed by atoms with Gasteiger partial charge in [0.2, 0.25) is 0 Å². The number of rotatable bonds is 0. The number of nitrogens with zero attached hydrogens (tertiary/aromatic N) is 1. The average molecular weight is 233 g/mol. The minimum Gasteiger partial charge on any atom is -0.252 e. The number of aryl methyl sites for hydroxylation is 1. The van der Waals surface area contributed by atoms with Crippen molar-refractivity contribution in [2.24, 2.45) is 4.99 Å². The number of hydrogen-bond acceptors (Lipinski definition) is 1. The minimum atomic E-state index is 0.116. The van der Waals surface area contributed by atoms with E-state index in [0.717, 1.165) is 12.1 Å². The largest absolute Gasteiger partial charge is 0.252 e. The molecular formula is C17H15N. The van der Waals surface area contributed by atoms with Crippen molar-refractivity contribution in [3.05, 3.63) is 65.2 Å². The molecule has 2 aromatic rings. The smallest absolute Gasteiger partial charge is 0.0675 e. The van der Waals surface area contributed by atoms with Crippen LogP contribution in [-0.4, -0.2) is 5.71 Å². The first-order valence-corrected chi connectivity index (χ1v) is 6.56. The average Bonchev–Trinajstić information content (AvgIpc) is 2.73.